The Hall–Kier alpha value is -1.26. The van der Waals surface area contributed by atoms with Crippen LogP contribution in [0.2, 0.25) is 0 Å². The van der Waals surface area contributed by atoms with Gasteiger partial charge in [0.15, 0.2) is 6.10 Å². The molecule has 2 heterocycles. The van der Waals surface area contributed by atoms with E-state index < -0.39 is 0 Å². The van der Waals surface area contributed by atoms with Gasteiger partial charge < -0.3 is 4.74 Å². The van der Waals surface area contributed by atoms with Gasteiger partial charge in [0.2, 0.25) is 5.78 Å². The van der Waals surface area contributed by atoms with Crippen molar-refractivity contribution in [3.05, 3.63) is 46.7 Å². The monoisotopic (exact) mass is 262 g/mol. The highest BCUT2D eigenvalue weighted by Gasteiger charge is 2.27. The first kappa shape index (κ1) is 10.9. The van der Waals surface area contributed by atoms with Crippen molar-refractivity contribution in [3.63, 3.8) is 0 Å². The molecule has 1 aromatic heterocycles. The number of Topliss-reactive ketones (excluding diaryl/α,β-unsaturated/α-hetero) is 1. The molecule has 4 heteroatoms. The number of hydrogen-bond donors (Lipinski definition) is 0. The number of benzene rings is 1. The van der Waals surface area contributed by atoms with Crippen LogP contribution < -0.4 is 4.74 Å². The second-order valence-electron chi connectivity index (χ2n) is 3.71. The highest BCUT2D eigenvalue weighted by Crippen LogP contribution is 2.35. The third kappa shape index (κ3) is 2.10. The molecule has 0 spiro atoms. The summed E-state index contributed by atoms with van der Waals surface area (Å²) in [5.74, 6) is 1.59. The summed E-state index contributed by atoms with van der Waals surface area (Å²) >= 11 is 3.15. The minimum Gasteiger partial charge on any atom is -0.480 e. The predicted octanol–water partition coefficient (Wildman–Crippen LogP) is 3.48. The standard InChI is InChI=1S/C13H10O2S2/c14-13(12-6-3-7-16-12)10-8-17-11-5-2-1-4-9(11)15-10/h1-7,10H,8H2. The van der Waals surface area contributed by atoms with E-state index >= 15 is 0 Å². The molecule has 2 nitrogen and oxygen atoms in total. The summed E-state index contributed by atoms with van der Waals surface area (Å²) in [5, 5.41) is 1.91. The lowest BCUT2D eigenvalue weighted by molar-refractivity contribution is 0.0819. The smallest absolute Gasteiger partial charge is 0.214 e. The highest BCUT2D eigenvalue weighted by molar-refractivity contribution is 7.99. The van der Waals surface area contributed by atoms with Gasteiger partial charge in [0.1, 0.15) is 5.75 Å². The van der Waals surface area contributed by atoms with Crippen LogP contribution in [-0.2, 0) is 0 Å². The van der Waals surface area contributed by atoms with Crippen LogP contribution in [0.4, 0.5) is 0 Å². The lowest BCUT2D eigenvalue weighted by atomic mass is 10.2. The molecule has 1 aromatic carbocycles. The number of fused-ring (bicyclic) bond motifs is 1. The summed E-state index contributed by atoms with van der Waals surface area (Å²) in [6, 6.07) is 11.6. The lowest BCUT2D eigenvalue weighted by Gasteiger charge is -2.23. The van der Waals surface area contributed by atoms with Gasteiger partial charge in [-0.2, -0.15) is 0 Å². The van der Waals surface area contributed by atoms with Crippen molar-refractivity contribution in [2.75, 3.05) is 5.75 Å². The Bertz CT molecular complexity index is 534. The van der Waals surface area contributed by atoms with Crippen LogP contribution in [0.3, 0.4) is 0 Å². The summed E-state index contributed by atoms with van der Waals surface area (Å²) < 4.78 is 5.75. The van der Waals surface area contributed by atoms with Gasteiger partial charge in [0.25, 0.3) is 0 Å². The maximum Gasteiger partial charge on any atom is 0.214 e. The second-order valence-corrected chi connectivity index (χ2v) is 5.72. The van der Waals surface area contributed by atoms with Gasteiger partial charge in [-0.25, -0.2) is 0 Å². The van der Waals surface area contributed by atoms with Crippen LogP contribution in [0.1, 0.15) is 9.67 Å². The largest absolute Gasteiger partial charge is 0.480 e. The third-order valence-electron chi connectivity index (χ3n) is 2.57. The first-order valence-electron chi connectivity index (χ1n) is 5.31. The fraction of sp³-hybridized carbons (Fsp3) is 0.154. The maximum atomic E-state index is 12.1. The van der Waals surface area contributed by atoms with Gasteiger partial charge in [-0.1, -0.05) is 18.2 Å². The Labute approximate surface area is 108 Å². The number of thioether (sulfide) groups is 1. The average Bonchev–Trinajstić information content (AvgIpc) is 2.91. The third-order valence-corrected chi connectivity index (χ3v) is 4.57. The van der Waals surface area contributed by atoms with Crippen LogP contribution in [0, 0.1) is 0 Å². The topological polar surface area (TPSA) is 26.3 Å². The molecule has 0 fully saturated rings. The molecule has 0 N–H and O–H groups in total. The van der Waals surface area contributed by atoms with Crippen LogP contribution in [0.15, 0.2) is 46.7 Å². The number of ether oxygens (including phenoxy) is 1. The fourth-order valence-corrected chi connectivity index (χ4v) is 3.42. The average molecular weight is 262 g/mol. The van der Waals surface area contributed by atoms with Crippen molar-refractivity contribution in [3.8, 4) is 5.75 Å². The SMILES string of the molecule is O=C(c1cccs1)C1CSc2ccccc2O1. The fourth-order valence-electron chi connectivity index (χ4n) is 1.73. The summed E-state index contributed by atoms with van der Waals surface area (Å²) in [6.45, 7) is 0. The van der Waals surface area contributed by atoms with Gasteiger partial charge in [-0.05, 0) is 23.6 Å². The van der Waals surface area contributed by atoms with Crippen LogP contribution in [0.5, 0.6) is 5.75 Å². The second kappa shape index (κ2) is 4.55. The zero-order valence-corrected chi connectivity index (χ0v) is 10.6. The zero-order chi connectivity index (χ0) is 11.7. The number of carbonyl (C=O) groups is 1. The molecule has 0 radical (unpaired) electrons. The van der Waals surface area contributed by atoms with Crippen molar-refractivity contribution < 1.29 is 9.53 Å². The Morgan fingerprint density at radius 2 is 2.12 bits per heavy atom. The van der Waals surface area contributed by atoms with Crippen molar-refractivity contribution >= 4 is 28.9 Å². The van der Waals surface area contributed by atoms with E-state index in [4.69, 9.17) is 4.74 Å². The maximum absolute atomic E-state index is 12.1. The quantitative estimate of drug-likeness (QED) is 0.775. The number of ketones is 1. The first-order valence-corrected chi connectivity index (χ1v) is 7.17. The summed E-state index contributed by atoms with van der Waals surface area (Å²) in [6.07, 6.45) is -0.353. The van der Waals surface area contributed by atoms with E-state index in [9.17, 15) is 4.79 Å². The molecule has 3 rings (SSSR count). The molecule has 0 saturated heterocycles. The molecule has 1 aliphatic heterocycles. The van der Waals surface area contributed by atoms with E-state index in [1.54, 1.807) is 11.8 Å². The highest BCUT2D eigenvalue weighted by atomic mass is 32.2. The molecule has 0 amide bonds. The summed E-state index contributed by atoms with van der Waals surface area (Å²) in [7, 11) is 0. The van der Waals surface area contributed by atoms with E-state index in [0.717, 1.165) is 15.5 Å². The Morgan fingerprint density at radius 3 is 2.94 bits per heavy atom. The number of carbonyl (C=O) groups excluding carboxylic acids is 1. The molecule has 0 aliphatic carbocycles. The van der Waals surface area contributed by atoms with Gasteiger partial charge in [0, 0.05) is 10.6 Å². The predicted molar refractivity (Wildman–Crippen MR) is 70.2 cm³/mol. The van der Waals surface area contributed by atoms with Gasteiger partial charge in [-0.3, -0.25) is 4.79 Å². The van der Waals surface area contributed by atoms with Gasteiger partial charge in [-0.15, -0.1) is 23.1 Å². The van der Waals surface area contributed by atoms with Crippen molar-refractivity contribution in [1.29, 1.82) is 0 Å². The Kier molecular flexibility index (Phi) is 2.91. The number of para-hydroxylation sites is 1. The van der Waals surface area contributed by atoms with E-state index in [1.807, 2.05) is 41.8 Å². The molecule has 0 saturated carbocycles. The molecule has 0 bridgehead atoms. The van der Waals surface area contributed by atoms with Crippen LogP contribution >= 0.6 is 23.1 Å². The minimum absolute atomic E-state index is 0.0852. The van der Waals surface area contributed by atoms with Crippen molar-refractivity contribution in [2.24, 2.45) is 0 Å². The van der Waals surface area contributed by atoms with Crippen LogP contribution in [-0.4, -0.2) is 17.6 Å². The summed E-state index contributed by atoms with van der Waals surface area (Å²) in [4.78, 5) is 14.0. The minimum atomic E-state index is -0.353. The molecule has 2 aromatic rings. The number of rotatable bonds is 2. The van der Waals surface area contributed by atoms with E-state index in [-0.39, 0.29) is 11.9 Å². The lowest BCUT2D eigenvalue weighted by Crippen LogP contribution is -2.31. The molecule has 1 unspecified atom stereocenters. The van der Waals surface area contributed by atoms with E-state index in [0.29, 0.717) is 5.75 Å². The zero-order valence-electron chi connectivity index (χ0n) is 8.96. The van der Waals surface area contributed by atoms with Crippen molar-refractivity contribution in [2.45, 2.75) is 11.0 Å². The summed E-state index contributed by atoms with van der Waals surface area (Å²) in [5.41, 5.74) is 0. The molecular formula is C13H10O2S2. The number of hydrogen-bond acceptors (Lipinski definition) is 4. The molecule has 1 atom stereocenters. The van der Waals surface area contributed by atoms with E-state index in [1.165, 1.54) is 11.3 Å². The van der Waals surface area contributed by atoms with E-state index in [2.05, 4.69) is 0 Å². The number of thiophene rings is 1. The van der Waals surface area contributed by atoms with Gasteiger partial charge in [0.05, 0.1) is 4.88 Å². The van der Waals surface area contributed by atoms with Crippen molar-refractivity contribution in [1.82, 2.24) is 0 Å². The first-order chi connectivity index (χ1) is 8.34. The molecular weight excluding hydrogens is 252 g/mol. The molecule has 86 valence electrons. The Morgan fingerprint density at radius 1 is 1.24 bits per heavy atom. The Balaban J connectivity index is 1.83. The molecule has 17 heavy (non-hydrogen) atoms. The molecule has 1 aliphatic rings. The van der Waals surface area contributed by atoms with Crippen LogP contribution in [0.25, 0.3) is 0 Å². The normalized spacial score (nSPS) is 18.2. The van der Waals surface area contributed by atoms with Gasteiger partial charge >= 0.3 is 0 Å².